The topological polar surface area (TPSA) is 50.9 Å². The molecule has 5 heteroatoms. The first-order valence-corrected chi connectivity index (χ1v) is 6.01. The van der Waals surface area contributed by atoms with Crippen molar-refractivity contribution in [3.63, 3.8) is 0 Å². The zero-order valence-electron chi connectivity index (χ0n) is 8.79. The third-order valence-corrected chi connectivity index (χ3v) is 3.63. The number of nitrogens with zero attached hydrogens (tertiary/aromatic N) is 3. The maximum atomic E-state index is 9.45. The maximum absolute atomic E-state index is 9.45. The number of benzene rings is 1. The Morgan fingerprint density at radius 1 is 1.44 bits per heavy atom. The second-order valence-electron chi connectivity index (χ2n) is 3.90. The maximum Gasteiger partial charge on any atom is 0.191 e. The Kier molecular flexibility index (Phi) is 2.14. The van der Waals surface area contributed by atoms with Crippen molar-refractivity contribution in [2.24, 2.45) is 0 Å². The van der Waals surface area contributed by atoms with E-state index in [1.165, 1.54) is 0 Å². The summed E-state index contributed by atoms with van der Waals surface area (Å²) < 4.78 is 2.10. The van der Waals surface area contributed by atoms with Gasteiger partial charge in [0.25, 0.3) is 0 Å². The third kappa shape index (κ3) is 1.48. The molecule has 0 bridgehead atoms. The van der Waals surface area contributed by atoms with Crippen molar-refractivity contribution in [1.82, 2.24) is 14.8 Å². The molecule has 1 N–H and O–H groups in total. The van der Waals surface area contributed by atoms with Crippen molar-refractivity contribution >= 4 is 11.8 Å². The van der Waals surface area contributed by atoms with Gasteiger partial charge in [-0.3, -0.25) is 0 Å². The van der Waals surface area contributed by atoms with Gasteiger partial charge in [-0.15, -0.1) is 10.2 Å². The molecule has 0 aliphatic carbocycles. The number of hydrogen-bond acceptors (Lipinski definition) is 4. The zero-order chi connectivity index (χ0) is 11.1. The summed E-state index contributed by atoms with van der Waals surface area (Å²) in [5, 5.41) is 19.3. The minimum atomic E-state index is 0.258. The quantitative estimate of drug-likeness (QED) is 0.820. The van der Waals surface area contributed by atoms with Gasteiger partial charge in [0.2, 0.25) is 0 Å². The van der Waals surface area contributed by atoms with Crippen LogP contribution in [-0.4, -0.2) is 25.1 Å². The molecule has 0 unspecified atom stereocenters. The molecule has 0 saturated heterocycles. The fraction of sp³-hybridized carbons (Fsp3) is 0.273. The standard InChI is InChI=1S/C11H11N3OS/c1-7-6-14-10(12-13-11(14)16-7)8-3-2-4-9(15)5-8/h2-5,7,15H,6H2,1H3/t7-/m0/s1. The van der Waals surface area contributed by atoms with Crippen LogP contribution in [0.15, 0.2) is 29.4 Å². The highest BCUT2D eigenvalue weighted by atomic mass is 32.2. The fourth-order valence-electron chi connectivity index (χ4n) is 1.87. The SMILES string of the molecule is C[C@H]1Cn2c(nnc2-c2cccc(O)c2)S1. The van der Waals surface area contributed by atoms with E-state index >= 15 is 0 Å². The fourth-order valence-corrected chi connectivity index (χ4v) is 2.83. The molecule has 2 aromatic rings. The second-order valence-corrected chi connectivity index (χ2v) is 5.30. The number of phenols is 1. The van der Waals surface area contributed by atoms with Crippen LogP contribution in [0.1, 0.15) is 6.92 Å². The van der Waals surface area contributed by atoms with Crippen LogP contribution in [0.2, 0.25) is 0 Å². The highest BCUT2D eigenvalue weighted by Crippen LogP contribution is 2.34. The van der Waals surface area contributed by atoms with Gasteiger partial charge in [0.15, 0.2) is 11.0 Å². The van der Waals surface area contributed by atoms with Gasteiger partial charge in [-0.25, -0.2) is 0 Å². The Bertz CT molecular complexity index is 538. The second kappa shape index (κ2) is 3.52. The van der Waals surface area contributed by atoms with E-state index in [1.54, 1.807) is 23.9 Å². The van der Waals surface area contributed by atoms with Crippen molar-refractivity contribution in [2.75, 3.05) is 0 Å². The number of thioether (sulfide) groups is 1. The van der Waals surface area contributed by atoms with Gasteiger partial charge in [0.05, 0.1) is 0 Å². The Morgan fingerprint density at radius 3 is 3.12 bits per heavy atom. The molecule has 82 valence electrons. The zero-order valence-corrected chi connectivity index (χ0v) is 9.61. The van der Waals surface area contributed by atoms with Crippen molar-refractivity contribution < 1.29 is 5.11 Å². The normalized spacial score (nSPS) is 18.7. The van der Waals surface area contributed by atoms with Gasteiger partial charge in [0, 0.05) is 17.4 Å². The minimum absolute atomic E-state index is 0.258. The lowest BCUT2D eigenvalue weighted by atomic mass is 10.2. The highest BCUT2D eigenvalue weighted by molar-refractivity contribution is 7.99. The largest absolute Gasteiger partial charge is 0.508 e. The van der Waals surface area contributed by atoms with Crippen molar-refractivity contribution in [1.29, 1.82) is 0 Å². The molecule has 4 nitrogen and oxygen atoms in total. The number of hydrogen-bond donors (Lipinski definition) is 1. The van der Waals surface area contributed by atoms with E-state index in [0.29, 0.717) is 5.25 Å². The molecule has 1 aromatic carbocycles. The summed E-state index contributed by atoms with van der Waals surface area (Å²) in [5.41, 5.74) is 0.911. The van der Waals surface area contributed by atoms with E-state index in [9.17, 15) is 5.11 Å². The highest BCUT2D eigenvalue weighted by Gasteiger charge is 2.24. The van der Waals surface area contributed by atoms with Crippen molar-refractivity contribution in [3.05, 3.63) is 24.3 Å². The van der Waals surface area contributed by atoms with E-state index in [-0.39, 0.29) is 5.75 Å². The molecule has 1 aromatic heterocycles. The lowest BCUT2D eigenvalue weighted by Crippen LogP contribution is -2.02. The van der Waals surface area contributed by atoms with E-state index in [4.69, 9.17) is 0 Å². The summed E-state index contributed by atoms with van der Waals surface area (Å²) in [6.07, 6.45) is 0. The van der Waals surface area contributed by atoms with Crippen LogP contribution in [-0.2, 0) is 6.54 Å². The van der Waals surface area contributed by atoms with Gasteiger partial charge in [0.1, 0.15) is 5.75 Å². The molecule has 2 heterocycles. The van der Waals surface area contributed by atoms with Crippen LogP contribution in [0.25, 0.3) is 11.4 Å². The van der Waals surface area contributed by atoms with Crippen LogP contribution in [0.5, 0.6) is 5.75 Å². The van der Waals surface area contributed by atoms with Crippen molar-refractivity contribution in [3.8, 4) is 17.1 Å². The van der Waals surface area contributed by atoms with Gasteiger partial charge in [-0.2, -0.15) is 0 Å². The lowest BCUT2D eigenvalue weighted by Gasteiger charge is -2.03. The molecule has 0 spiro atoms. The average Bonchev–Trinajstić information content (AvgIpc) is 2.76. The Labute approximate surface area is 97.3 Å². The predicted molar refractivity (Wildman–Crippen MR) is 62.4 cm³/mol. The van der Waals surface area contributed by atoms with Crippen LogP contribution in [0.3, 0.4) is 0 Å². The molecular formula is C11H11N3OS. The molecule has 0 fully saturated rings. The molecular weight excluding hydrogens is 222 g/mol. The summed E-state index contributed by atoms with van der Waals surface area (Å²) in [6.45, 7) is 3.10. The third-order valence-electron chi connectivity index (χ3n) is 2.57. The molecule has 0 radical (unpaired) electrons. The average molecular weight is 233 g/mol. The summed E-state index contributed by atoms with van der Waals surface area (Å²) in [7, 11) is 0. The molecule has 1 atom stereocenters. The summed E-state index contributed by atoms with van der Waals surface area (Å²) in [4.78, 5) is 0. The Morgan fingerprint density at radius 2 is 2.31 bits per heavy atom. The Hall–Kier alpha value is -1.49. The van der Waals surface area contributed by atoms with Crippen LogP contribution < -0.4 is 0 Å². The summed E-state index contributed by atoms with van der Waals surface area (Å²) >= 11 is 1.74. The monoisotopic (exact) mass is 233 g/mol. The molecule has 16 heavy (non-hydrogen) atoms. The van der Waals surface area contributed by atoms with Gasteiger partial charge in [-0.05, 0) is 12.1 Å². The van der Waals surface area contributed by atoms with Crippen LogP contribution >= 0.6 is 11.8 Å². The molecule has 0 saturated carbocycles. The first kappa shape index (κ1) is 9.72. The van der Waals surface area contributed by atoms with E-state index in [1.807, 2.05) is 12.1 Å². The first-order chi connectivity index (χ1) is 7.74. The van der Waals surface area contributed by atoms with E-state index in [0.717, 1.165) is 23.1 Å². The molecule has 0 amide bonds. The number of phenolic OH excluding ortho intramolecular Hbond substituents is 1. The minimum Gasteiger partial charge on any atom is -0.508 e. The summed E-state index contributed by atoms with van der Waals surface area (Å²) in [6, 6.07) is 7.12. The lowest BCUT2D eigenvalue weighted by molar-refractivity contribution is 0.475. The smallest absolute Gasteiger partial charge is 0.191 e. The van der Waals surface area contributed by atoms with E-state index < -0.39 is 0 Å². The number of rotatable bonds is 1. The number of fused-ring (bicyclic) bond motifs is 1. The number of aromatic hydroxyl groups is 1. The molecule has 1 aliphatic heterocycles. The molecule has 3 rings (SSSR count). The Balaban J connectivity index is 2.08. The van der Waals surface area contributed by atoms with Gasteiger partial charge < -0.3 is 9.67 Å². The molecule has 1 aliphatic rings. The number of aromatic nitrogens is 3. The van der Waals surface area contributed by atoms with Crippen LogP contribution in [0, 0.1) is 0 Å². The predicted octanol–water partition coefficient (Wildman–Crippen LogP) is 2.14. The first-order valence-electron chi connectivity index (χ1n) is 5.13. The van der Waals surface area contributed by atoms with Crippen molar-refractivity contribution in [2.45, 2.75) is 23.9 Å². The summed E-state index contributed by atoms with van der Waals surface area (Å²) in [5.74, 6) is 1.09. The van der Waals surface area contributed by atoms with Crippen LogP contribution in [0.4, 0.5) is 0 Å². The van der Waals surface area contributed by atoms with Gasteiger partial charge in [-0.1, -0.05) is 30.8 Å². The van der Waals surface area contributed by atoms with E-state index in [2.05, 4.69) is 21.7 Å². The van der Waals surface area contributed by atoms with Gasteiger partial charge >= 0.3 is 0 Å².